The molecule has 1 heterocycles. The van der Waals surface area contributed by atoms with Gasteiger partial charge >= 0.3 is 0 Å². The van der Waals surface area contributed by atoms with Crippen LogP contribution in [0.25, 0.3) is 0 Å². The summed E-state index contributed by atoms with van der Waals surface area (Å²) in [6.45, 7) is 0. The monoisotopic (exact) mass is 265 g/mol. The first kappa shape index (κ1) is 12.7. The highest BCUT2D eigenvalue weighted by molar-refractivity contribution is 5.85. The van der Waals surface area contributed by atoms with E-state index in [1.54, 1.807) is 0 Å². The predicted octanol–water partition coefficient (Wildman–Crippen LogP) is 3.17. The average Bonchev–Trinajstić information content (AvgIpc) is 2.88. The Morgan fingerprint density at radius 3 is 2.35 bits per heavy atom. The van der Waals surface area contributed by atoms with E-state index in [0.29, 0.717) is 6.04 Å². The van der Waals surface area contributed by atoms with Crippen molar-refractivity contribution in [1.82, 2.24) is 0 Å². The van der Waals surface area contributed by atoms with E-state index < -0.39 is 0 Å². The number of hydrazone groups is 1. The van der Waals surface area contributed by atoms with Crippen molar-refractivity contribution in [2.24, 2.45) is 10.8 Å². The normalized spacial score (nSPS) is 18.1. The molecule has 0 aromatic heterocycles. The van der Waals surface area contributed by atoms with Gasteiger partial charge in [0, 0.05) is 6.42 Å². The summed E-state index contributed by atoms with van der Waals surface area (Å²) in [4.78, 5) is 0. The second kappa shape index (κ2) is 5.78. The SMILES string of the molecule is NC1=NN(c2ccccc2)C(CCc2ccccc2)C1. The van der Waals surface area contributed by atoms with Gasteiger partial charge in [-0.2, -0.15) is 5.10 Å². The zero-order valence-corrected chi connectivity index (χ0v) is 11.4. The molecule has 1 aliphatic heterocycles. The Bertz CT molecular complexity index is 578. The van der Waals surface area contributed by atoms with Crippen LogP contribution in [0.5, 0.6) is 0 Å². The summed E-state index contributed by atoms with van der Waals surface area (Å²) in [6, 6.07) is 21.2. The third-order valence-corrected chi connectivity index (χ3v) is 3.66. The number of hydrogen-bond acceptors (Lipinski definition) is 3. The number of rotatable bonds is 4. The van der Waals surface area contributed by atoms with Gasteiger partial charge in [-0.3, -0.25) is 5.01 Å². The maximum Gasteiger partial charge on any atom is 0.122 e. The van der Waals surface area contributed by atoms with E-state index in [1.165, 1.54) is 5.56 Å². The molecule has 0 saturated heterocycles. The number of aryl methyl sites for hydroxylation is 1. The summed E-state index contributed by atoms with van der Waals surface area (Å²) in [5, 5.41) is 6.55. The molecule has 0 fully saturated rings. The van der Waals surface area contributed by atoms with Crippen molar-refractivity contribution in [3.63, 3.8) is 0 Å². The topological polar surface area (TPSA) is 41.6 Å². The number of nitrogens with zero attached hydrogens (tertiary/aromatic N) is 2. The van der Waals surface area contributed by atoms with Crippen LogP contribution in [0.15, 0.2) is 65.8 Å². The molecule has 0 radical (unpaired) electrons. The summed E-state index contributed by atoms with van der Waals surface area (Å²) in [5.74, 6) is 0.729. The van der Waals surface area contributed by atoms with E-state index in [0.717, 1.165) is 30.8 Å². The van der Waals surface area contributed by atoms with Crippen molar-refractivity contribution in [1.29, 1.82) is 0 Å². The molecule has 1 atom stereocenters. The minimum atomic E-state index is 0.359. The first-order valence-electron chi connectivity index (χ1n) is 7.04. The number of nitrogens with two attached hydrogens (primary N) is 1. The highest BCUT2D eigenvalue weighted by atomic mass is 15.5. The van der Waals surface area contributed by atoms with Gasteiger partial charge in [-0.1, -0.05) is 48.5 Å². The molecule has 102 valence electrons. The van der Waals surface area contributed by atoms with Crippen LogP contribution in [0, 0.1) is 0 Å². The van der Waals surface area contributed by atoms with Gasteiger partial charge in [0.25, 0.3) is 0 Å². The Morgan fingerprint density at radius 1 is 1.00 bits per heavy atom. The molecule has 2 N–H and O–H groups in total. The van der Waals surface area contributed by atoms with Crippen LogP contribution in [0.2, 0.25) is 0 Å². The van der Waals surface area contributed by atoms with Gasteiger partial charge in [-0.05, 0) is 30.5 Å². The molecule has 2 aromatic carbocycles. The molecule has 0 bridgehead atoms. The zero-order chi connectivity index (χ0) is 13.8. The Morgan fingerprint density at radius 2 is 1.65 bits per heavy atom. The highest BCUT2D eigenvalue weighted by Gasteiger charge is 2.25. The lowest BCUT2D eigenvalue weighted by molar-refractivity contribution is 0.606. The molecule has 1 aliphatic rings. The van der Waals surface area contributed by atoms with E-state index in [2.05, 4.69) is 52.6 Å². The van der Waals surface area contributed by atoms with E-state index in [4.69, 9.17) is 5.73 Å². The Hall–Kier alpha value is -2.29. The molecular weight excluding hydrogens is 246 g/mol. The predicted molar refractivity (Wildman–Crippen MR) is 83.7 cm³/mol. The summed E-state index contributed by atoms with van der Waals surface area (Å²) in [6.07, 6.45) is 2.96. The lowest BCUT2D eigenvalue weighted by Crippen LogP contribution is -2.27. The summed E-state index contributed by atoms with van der Waals surface area (Å²) < 4.78 is 0. The van der Waals surface area contributed by atoms with Gasteiger partial charge in [0.05, 0.1) is 11.7 Å². The fraction of sp³-hybridized carbons (Fsp3) is 0.235. The molecule has 3 nitrogen and oxygen atoms in total. The van der Waals surface area contributed by atoms with Crippen molar-refractivity contribution in [3.8, 4) is 0 Å². The molecule has 3 rings (SSSR count). The minimum absolute atomic E-state index is 0.359. The molecule has 2 aromatic rings. The number of hydrogen-bond donors (Lipinski definition) is 1. The standard InChI is InChI=1S/C17H19N3/c18-17-13-16(12-11-14-7-3-1-4-8-14)20(19-17)15-9-5-2-6-10-15/h1-10,16H,11-13H2,(H2,18,19). The number of para-hydroxylation sites is 1. The van der Waals surface area contributed by atoms with E-state index in [-0.39, 0.29) is 0 Å². The molecular formula is C17H19N3. The molecule has 3 heteroatoms. The van der Waals surface area contributed by atoms with Crippen LogP contribution < -0.4 is 10.7 Å². The first-order valence-corrected chi connectivity index (χ1v) is 7.04. The summed E-state index contributed by atoms with van der Waals surface area (Å²) in [5.41, 5.74) is 8.41. The molecule has 0 spiro atoms. The number of amidine groups is 1. The van der Waals surface area contributed by atoms with E-state index >= 15 is 0 Å². The van der Waals surface area contributed by atoms with Crippen LogP contribution in [0.4, 0.5) is 5.69 Å². The molecule has 0 saturated carbocycles. The largest absolute Gasteiger partial charge is 0.386 e. The third kappa shape index (κ3) is 2.82. The Labute approximate surface area is 119 Å². The lowest BCUT2D eigenvalue weighted by atomic mass is 10.0. The van der Waals surface area contributed by atoms with Crippen LogP contribution in [0.3, 0.4) is 0 Å². The molecule has 20 heavy (non-hydrogen) atoms. The Balaban J connectivity index is 1.70. The zero-order valence-electron chi connectivity index (χ0n) is 11.4. The van der Waals surface area contributed by atoms with Gasteiger partial charge < -0.3 is 5.73 Å². The summed E-state index contributed by atoms with van der Waals surface area (Å²) in [7, 11) is 0. The molecule has 0 aliphatic carbocycles. The fourth-order valence-electron chi connectivity index (χ4n) is 2.64. The van der Waals surface area contributed by atoms with Crippen LogP contribution in [0.1, 0.15) is 18.4 Å². The maximum atomic E-state index is 5.93. The van der Waals surface area contributed by atoms with Crippen LogP contribution in [-0.4, -0.2) is 11.9 Å². The number of anilines is 1. The minimum Gasteiger partial charge on any atom is -0.386 e. The maximum absolute atomic E-state index is 5.93. The first-order chi connectivity index (χ1) is 9.83. The van der Waals surface area contributed by atoms with Gasteiger partial charge in [0.2, 0.25) is 0 Å². The van der Waals surface area contributed by atoms with Crippen LogP contribution in [-0.2, 0) is 6.42 Å². The lowest BCUT2D eigenvalue weighted by Gasteiger charge is -2.23. The van der Waals surface area contributed by atoms with Crippen molar-refractivity contribution in [2.75, 3.05) is 5.01 Å². The Kier molecular flexibility index (Phi) is 3.68. The number of benzene rings is 2. The smallest absolute Gasteiger partial charge is 0.122 e. The molecule has 1 unspecified atom stereocenters. The summed E-state index contributed by atoms with van der Waals surface area (Å²) >= 11 is 0. The van der Waals surface area contributed by atoms with Gasteiger partial charge in [0.15, 0.2) is 0 Å². The van der Waals surface area contributed by atoms with Gasteiger partial charge in [-0.15, -0.1) is 0 Å². The van der Waals surface area contributed by atoms with Gasteiger partial charge in [-0.25, -0.2) is 0 Å². The van der Waals surface area contributed by atoms with Crippen molar-refractivity contribution in [3.05, 3.63) is 66.2 Å². The third-order valence-electron chi connectivity index (χ3n) is 3.66. The average molecular weight is 265 g/mol. The van der Waals surface area contributed by atoms with E-state index in [9.17, 15) is 0 Å². The molecule has 0 amide bonds. The fourth-order valence-corrected chi connectivity index (χ4v) is 2.64. The van der Waals surface area contributed by atoms with Gasteiger partial charge in [0.1, 0.15) is 5.84 Å². The van der Waals surface area contributed by atoms with Crippen molar-refractivity contribution in [2.45, 2.75) is 25.3 Å². The second-order valence-corrected chi connectivity index (χ2v) is 5.15. The quantitative estimate of drug-likeness (QED) is 0.922. The van der Waals surface area contributed by atoms with E-state index in [1.807, 2.05) is 18.2 Å². The highest BCUT2D eigenvalue weighted by Crippen LogP contribution is 2.26. The van der Waals surface area contributed by atoms with Crippen molar-refractivity contribution < 1.29 is 0 Å². The van der Waals surface area contributed by atoms with Crippen LogP contribution >= 0.6 is 0 Å². The second-order valence-electron chi connectivity index (χ2n) is 5.15. The van der Waals surface area contributed by atoms with Crippen molar-refractivity contribution >= 4 is 11.5 Å².